The summed E-state index contributed by atoms with van der Waals surface area (Å²) in [5.74, 6) is -0.353. The number of alkyl halides is 3. The Hall–Kier alpha value is -2.65. The van der Waals surface area contributed by atoms with Gasteiger partial charge in [0.1, 0.15) is 6.04 Å². The Balaban J connectivity index is 2.71. The molecule has 0 heterocycles. The molecule has 0 aromatic heterocycles. The van der Waals surface area contributed by atoms with E-state index < -0.39 is 30.8 Å². The van der Waals surface area contributed by atoms with Crippen molar-refractivity contribution in [1.82, 2.24) is 10.6 Å². The molecule has 0 spiro atoms. The molecule has 0 aliphatic carbocycles. The molecule has 10 heteroatoms. The van der Waals surface area contributed by atoms with Crippen LogP contribution >= 0.6 is 0 Å². The summed E-state index contributed by atoms with van der Waals surface area (Å²) in [4.78, 5) is 23.2. The minimum absolute atomic E-state index is 0.0493. The number of rotatable bonds is 9. The SMILES string of the molecule is COc1ccc(CCNC(=O)C(CC(C)(C)C)NC(=O)O)cc1OCC(F)(F)F. The van der Waals surface area contributed by atoms with Gasteiger partial charge in [-0.05, 0) is 36.0 Å². The van der Waals surface area contributed by atoms with Crippen molar-refractivity contribution in [2.75, 3.05) is 20.3 Å². The van der Waals surface area contributed by atoms with Crippen LogP contribution in [0, 0.1) is 5.41 Å². The molecule has 0 saturated carbocycles. The smallest absolute Gasteiger partial charge is 0.422 e. The second-order valence-corrected chi connectivity index (χ2v) is 7.70. The summed E-state index contributed by atoms with van der Waals surface area (Å²) in [6.45, 7) is 4.38. The number of amides is 2. The van der Waals surface area contributed by atoms with E-state index in [4.69, 9.17) is 14.6 Å². The van der Waals surface area contributed by atoms with Gasteiger partial charge in [0.2, 0.25) is 5.91 Å². The zero-order chi connectivity index (χ0) is 22.2. The number of carbonyl (C=O) groups is 2. The van der Waals surface area contributed by atoms with Gasteiger partial charge in [0.25, 0.3) is 0 Å². The van der Waals surface area contributed by atoms with Crippen molar-refractivity contribution >= 4 is 12.0 Å². The largest absolute Gasteiger partial charge is 0.493 e. The van der Waals surface area contributed by atoms with Gasteiger partial charge in [-0.3, -0.25) is 4.79 Å². The molecule has 1 atom stereocenters. The monoisotopic (exact) mass is 420 g/mol. The Labute approximate surface area is 167 Å². The number of halogens is 3. The van der Waals surface area contributed by atoms with E-state index in [-0.39, 0.29) is 23.5 Å². The molecule has 0 fully saturated rings. The van der Waals surface area contributed by atoms with Crippen LogP contribution in [0.5, 0.6) is 11.5 Å². The molecular formula is C19H27F3N2O5. The van der Waals surface area contributed by atoms with Gasteiger partial charge in [0.05, 0.1) is 7.11 Å². The summed E-state index contributed by atoms with van der Waals surface area (Å²) in [7, 11) is 1.32. The molecule has 1 aromatic carbocycles. The van der Waals surface area contributed by atoms with E-state index in [1.165, 1.54) is 19.2 Å². The summed E-state index contributed by atoms with van der Waals surface area (Å²) in [6.07, 6.45) is -5.15. The lowest BCUT2D eigenvalue weighted by molar-refractivity contribution is -0.153. The second-order valence-electron chi connectivity index (χ2n) is 7.70. The van der Waals surface area contributed by atoms with Gasteiger partial charge in [0.15, 0.2) is 18.1 Å². The third kappa shape index (κ3) is 9.91. The van der Waals surface area contributed by atoms with Crippen LogP contribution in [0.1, 0.15) is 32.8 Å². The number of nitrogens with one attached hydrogen (secondary N) is 2. The number of methoxy groups -OCH3 is 1. The van der Waals surface area contributed by atoms with E-state index in [0.29, 0.717) is 18.4 Å². The van der Waals surface area contributed by atoms with Crippen molar-refractivity contribution in [1.29, 1.82) is 0 Å². The first-order chi connectivity index (χ1) is 13.3. The van der Waals surface area contributed by atoms with E-state index >= 15 is 0 Å². The number of benzene rings is 1. The first-order valence-corrected chi connectivity index (χ1v) is 8.94. The molecule has 1 rings (SSSR count). The molecular weight excluding hydrogens is 393 g/mol. The fraction of sp³-hybridized carbons (Fsp3) is 0.579. The predicted octanol–water partition coefficient (Wildman–Crippen LogP) is 3.37. The van der Waals surface area contributed by atoms with Crippen molar-refractivity contribution in [2.45, 2.75) is 45.8 Å². The topological polar surface area (TPSA) is 96.9 Å². The molecule has 1 aromatic rings. The highest BCUT2D eigenvalue weighted by Crippen LogP contribution is 2.30. The molecule has 164 valence electrons. The normalized spacial score (nSPS) is 12.8. The molecule has 0 aliphatic heterocycles. The fourth-order valence-corrected chi connectivity index (χ4v) is 2.57. The third-order valence-corrected chi connectivity index (χ3v) is 3.76. The maximum Gasteiger partial charge on any atom is 0.422 e. The predicted molar refractivity (Wildman–Crippen MR) is 100 cm³/mol. The number of hydrogen-bond acceptors (Lipinski definition) is 4. The van der Waals surface area contributed by atoms with E-state index in [9.17, 15) is 22.8 Å². The van der Waals surface area contributed by atoms with Crippen LogP contribution in [-0.2, 0) is 11.2 Å². The minimum Gasteiger partial charge on any atom is -0.493 e. The van der Waals surface area contributed by atoms with Gasteiger partial charge < -0.3 is 25.2 Å². The average Bonchev–Trinajstić information content (AvgIpc) is 2.57. The van der Waals surface area contributed by atoms with Crippen molar-refractivity contribution in [3.63, 3.8) is 0 Å². The molecule has 29 heavy (non-hydrogen) atoms. The van der Waals surface area contributed by atoms with Crippen LogP contribution in [0.25, 0.3) is 0 Å². The summed E-state index contributed by atoms with van der Waals surface area (Å²) in [5.41, 5.74) is 0.354. The van der Waals surface area contributed by atoms with Crippen molar-refractivity contribution in [3.8, 4) is 11.5 Å². The number of carbonyl (C=O) groups excluding carboxylic acids is 1. The summed E-state index contributed by atoms with van der Waals surface area (Å²) >= 11 is 0. The lowest BCUT2D eigenvalue weighted by atomic mass is 9.88. The van der Waals surface area contributed by atoms with Crippen LogP contribution in [0.2, 0.25) is 0 Å². The van der Waals surface area contributed by atoms with Crippen LogP contribution in [0.3, 0.4) is 0 Å². The van der Waals surface area contributed by atoms with Crippen molar-refractivity contribution in [2.24, 2.45) is 5.41 Å². The quantitative estimate of drug-likeness (QED) is 0.569. The van der Waals surface area contributed by atoms with Gasteiger partial charge in [0, 0.05) is 6.54 Å². The highest BCUT2D eigenvalue weighted by Gasteiger charge is 2.29. The highest BCUT2D eigenvalue weighted by atomic mass is 19.4. The van der Waals surface area contributed by atoms with E-state index in [2.05, 4.69) is 10.6 Å². The lowest BCUT2D eigenvalue weighted by Crippen LogP contribution is -2.48. The second kappa shape index (κ2) is 10.2. The van der Waals surface area contributed by atoms with Crippen LogP contribution in [0.15, 0.2) is 18.2 Å². The van der Waals surface area contributed by atoms with Gasteiger partial charge in [-0.15, -0.1) is 0 Å². The lowest BCUT2D eigenvalue weighted by Gasteiger charge is -2.25. The van der Waals surface area contributed by atoms with Crippen molar-refractivity contribution in [3.05, 3.63) is 23.8 Å². The van der Waals surface area contributed by atoms with Gasteiger partial charge in [-0.2, -0.15) is 13.2 Å². The molecule has 0 saturated heterocycles. The van der Waals surface area contributed by atoms with Crippen LogP contribution in [0.4, 0.5) is 18.0 Å². The number of ether oxygens (including phenoxy) is 2. The fourth-order valence-electron chi connectivity index (χ4n) is 2.57. The zero-order valence-electron chi connectivity index (χ0n) is 16.9. The van der Waals surface area contributed by atoms with E-state index in [1.54, 1.807) is 6.07 Å². The molecule has 3 N–H and O–H groups in total. The summed E-state index contributed by atoms with van der Waals surface area (Å²) in [6, 6.07) is 3.64. The Morgan fingerprint density at radius 2 is 1.83 bits per heavy atom. The molecule has 1 unspecified atom stereocenters. The molecule has 0 radical (unpaired) electrons. The van der Waals surface area contributed by atoms with Gasteiger partial charge >= 0.3 is 12.3 Å². The van der Waals surface area contributed by atoms with E-state index in [1.807, 2.05) is 20.8 Å². The minimum atomic E-state index is -4.48. The maximum absolute atomic E-state index is 12.4. The summed E-state index contributed by atoms with van der Waals surface area (Å²) in [5, 5.41) is 13.8. The third-order valence-electron chi connectivity index (χ3n) is 3.76. The van der Waals surface area contributed by atoms with Crippen LogP contribution < -0.4 is 20.1 Å². The van der Waals surface area contributed by atoms with Gasteiger partial charge in [-0.1, -0.05) is 26.8 Å². The standard InChI is InChI=1S/C19H27F3N2O5/c1-18(2,3)10-13(24-17(26)27)16(25)23-8-7-12-5-6-14(28-4)15(9-12)29-11-19(20,21)22/h5-6,9,13,24H,7-8,10-11H2,1-4H3,(H,23,25)(H,26,27). The molecule has 0 bridgehead atoms. The first kappa shape index (κ1) is 24.4. The van der Waals surface area contributed by atoms with Gasteiger partial charge in [-0.25, -0.2) is 4.79 Å². The Morgan fingerprint density at radius 3 is 2.34 bits per heavy atom. The Morgan fingerprint density at radius 1 is 1.17 bits per heavy atom. The van der Waals surface area contributed by atoms with Crippen molar-refractivity contribution < 1.29 is 37.3 Å². The maximum atomic E-state index is 12.4. The van der Waals surface area contributed by atoms with Crippen LogP contribution in [-0.4, -0.2) is 49.6 Å². The first-order valence-electron chi connectivity index (χ1n) is 8.94. The molecule has 7 nitrogen and oxygen atoms in total. The Kier molecular flexibility index (Phi) is 8.59. The van der Waals surface area contributed by atoms with E-state index in [0.717, 1.165) is 0 Å². The Bertz CT molecular complexity index is 702. The zero-order valence-corrected chi connectivity index (χ0v) is 16.9. The average molecular weight is 420 g/mol. The molecule has 0 aliphatic rings. The molecule has 2 amide bonds. The number of hydrogen-bond donors (Lipinski definition) is 3. The number of carboxylic acid groups (broad SMARTS) is 1. The summed E-state index contributed by atoms with van der Waals surface area (Å²) < 4.78 is 47.0. The highest BCUT2D eigenvalue weighted by molar-refractivity contribution is 5.85.